The Morgan fingerprint density at radius 1 is 1.02 bits per heavy atom. The van der Waals surface area contributed by atoms with E-state index >= 15 is 0 Å². The van der Waals surface area contributed by atoms with E-state index < -0.39 is 80.4 Å². The predicted octanol–water partition coefficient (Wildman–Crippen LogP) is 3.83. The monoisotopic (exact) mass is 770 g/mol. The quantitative estimate of drug-likeness (QED) is 0.297. The van der Waals surface area contributed by atoms with Gasteiger partial charge in [-0.2, -0.15) is 0 Å². The molecule has 5 amide bonds. The van der Waals surface area contributed by atoms with Gasteiger partial charge < -0.3 is 30.3 Å². The second-order valence-corrected chi connectivity index (χ2v) is 18.6. The van der Waals surface area contributed by atoms with Gasteiger partial charge in [-0.05, 0) is 96.4 Å². The third-order valence-corrected chi connectivity index (χ3v) is 12.3. The highest BCUT2D eigenvalue weighted by molar-refractivity contribution is 7.91. The number of hydrogen-bond donors (Lipinski definition) is 4. The second kappa shape index (κ2) is 15.4. The molecule has 0 radical (unpaired) electrons. The van der Waals surface area contributed by atoms with Gasteiger partial charge in [0.15, 0.2) is 0 Å². The van der Waals surface area contributed by atoms with E-state index in [9.17, 15) is 32.4 Å². The Labute approximate surface area is 317 Å². The van der Waals surface area contributed by atoms with E-state index in [0.29, 0.717) is 38.8 Å². The molecule has 1 saturated heterocycles. The number of alkyl carbamates (subject to hydrolysis) is 1. The number of sulfonamides is 1. The Kier molecular flexibility index (Phi) is 11.2. The summed E-state index contributed by atoms with van der Waals surface area (Å²) in [5.74, 6) is -2.49. The van der Waals surface area contributed by atoms with E-state index in [1.807, 2.05) is 44.2 Å². The summed E-state index contributed by atoms with van der Waals surface area (Å²) >= 11 is 0. The normalized spacial score (nSPS) is 28.0. The Morgan fingerprint density at radius 2 is 1.76 bits per heavy atom. The summed E-state index contributed by atoms with van der Waals surface area (Å²) in [5.41, 5.74) is 0.578. The van der Waals surface area contributed by atoms with E-state index in [1.165, 1.54) is 4.90 Å². The molecule has 6 rings (SSSR count). The van der Waals surface area contributed by atoms with Crippen LogP contribution >= 0.6 is 0 Å². The molecule has 16 heteroatoms. The van der Waals surface area contributed by atoms with Gasteiger partial charge in [0.1, 0.15) is 29.3 Å². The summed E-state index contributed by atoms with van der Waals surface area (Å²) in [4.78, 5) is 71.7. The summed E-state index contributed by atoms with van der Waals surface area (Å²) in [6.07, 6.45) is 5.64. The van der Waals surface area contributed by atoms with Gasteiger partial charge in [0.2, 0.25) is 21.8 Å². The first-order valence-corrected chi connectivity index (χ1v) is 20.7. The number of anilines is 1. The van der Waals surface area contributed by atoms with Crippen LogP contribution in [0.2, 0.25) is 0 Å². The van der Waals surface area contributed by atoms with E-state index in [-0.39, 0.29) is 31.8 Å². The van der Waals surface area contributed by atoms with Crippen LogP contribution in [0.25, 0.3) is 0 Å². The summed E-state index contributed by atoms with van der Waals surface area (Å²) in [6.45, 7) is 9.77. The zero-order valence-corrected chi connectivity index (χ0v) is 32.6. The number of benzene rings is 1. The smallest absolute Gasteiger partial charge is 0.410 e. The van der Waals surface area contributed by atoms with Crippen LogP contribution in [0.1, 0.15) is 104 Å². The van der Waals surface area contributed by atoms with Crippen LogP contribution < -0.4 is 20.7 Å². The van der Waals surface area contributed by atoms with Gasteiger partial charge in [0.05, 0.1) is 11.8 Å². The highest BCUT2D eigenvalue weighted by atomic mass is 32.2. The molecular formula is C38H54N6O9S. The van der Waals surface area contributed by atoms with Crippen LogP contribution in [0.5, 0.6) is 0 Å². The van der Waals surface area contributed by atoms with Gasteiger partial charge >= 0.3 is 12.2 Å². The Bertz CT molecular complexity index is 1790. The third kappa shape index (κ3) is 9.29. The minimum absolute atomic E-state index is 0.0652. The van der Waals surface area contributed by atoms with Crippen LogP contribution in [0.4, 0.5) is 15.3 Å². The number of nitrogens with zero attached hydrogens (tertiary/aromatic N) is 2. The maximum Gasteiger partial charge on any atom is 0.410 e. The largest absolute Gasteiger partial charge is 0.444 e. The molecule has 54 heavy (non-hydrogen) atoms. The molecular weight excluding hydrogens is 717 g/mol. The average Bonchev–Trinajstić information content (AvgIpc) is 3.96. The first-order chi connectivity index (χ1) is 25.4. The van der Waals surface area contributed by atoms with Gasteiger partial charge in [0, 0.05) is 37.2 Å². The molecule has 1 aromatic rings. The number of allylic oxidation sites excluding steroid dienone is 1. The van der Waals surface area contributed by atoms with Crippen molar-refractivity contribution < 1.29 is 41.9 Å². The highest BCUT2D eigenvalue weighted by Gasteiger charge is 2.62. The number of amides is 5. The van der Waals surface area contributed by atoms with E-state index in [0.717, 1.165) is 29.7 Å². The molecule has 15 nitrogen and oxygen atoms in total. The maximum atomic E-state index is 14.4. The molecule has 3 heterocycles. The fourth-order valence-electron chi connectivity index (χ4n) is 7.46. The molecule has 0 unspecified atom stereocenters. The molecule has 296 valence electrons. The van der Waals surface area contributed by atoms with Crippen molar-refractivity contribution in [3.8, 4) is 0 Å². The van der Waals surface area contributed by atoms with Crippen LogP contribution in [-0.2, 0) is 47.0 Å². The molecule has 0 spiro atoms. The van der Waals surface area contributed by atoms with Crippen LogP contribution in [0.3, 0.4) is 0 Å². The lowest BCUT2D eigenvalue weighted by molar-refractivity contribution is -0.141. The fourth-order valence-corrected chi connectivity index (χ4v) is 8.82. The van der Waals surface area contributed by atoms with E-state index in [2.05, 4.69) is 20.7 Å². The average molecular weight is 771 g/mol. The van der Waals surface area contributed by atoms with Crippen LogP contribution in [0, 0.1) is 5.92 Å². The van der Waals surface area contributed by atoms with Gasteiger partial charge in [-0.15, -0.1) is 0 Å². The number of carbonyl (C=O) groups excluding carboxylic acids is 5. The minimum Gasteiger partial charge on any atom is -0.444 e. The second-order valence-electron chi connectivity index (χ2n) is 16.6. The number of nitrogens with one attached hydrogen (secondary N) is 4. The molecule has 2 aliphatic carbocycles. The summed E-state index contributed by atoms with van der Waals surface area (Å²) in [7, 11) is -3.90. The number of ether oxygens (including phenoxy) is 2. The lowest BCUT2D eigenvalue weighted by Crippen LogP contribution is -2.58. The van der Waals surface area contributed by atoms with Crippen molar-refractivity contribution in [1.29, 1.82) is 0 Å². The van der Waals surface area contributed by atoms with Crippen LogP contribution in [-0.4, -0.2) is 95.3 Å². The number of hydrogen-bond acceptors (Lipinski definition) is 10. The number of carbonyl (C=O) groups is 5. The zero-order chi connectivity index (χ0) is 39.0. The number of rotatable bonds is 7. The SMILES string of the molecule is CC(C)Nc1ccc2c(c1)CN(C(=O)O[C@@H]1C[C@H]3C(=O)N[C@]4(C(=O)NS(=O)(=O)C5CC5)C[C@H]4/C=C/CCCCC[C@H](NC(=O)OC(C)(C)C)C(=O)N3C1)C2. The zero-order valence-electron chi connectivity index (χ0n) is 31.8. The van der Waals surface area contributed by atoms with Crippen molar-refractivity contribution in [2.75, 3.05) is 11.9 Å². The van der Waals surface area contributed by atoms with Crippen molar-refractivity contribution in [2.24, 2.45) is 5.92 Å². The molecule has 5 aliphatic rings. The summed E-state index contributed by atoms with van der Waals surface area (Å²) in [6, 6.07) is 3.97. The molecule has 4 N–H and O–H groups in total. The van der Waals surface area contributed by atoms with Crippen molar-refractivity contribution >= 4 is 45.6 Å². The molecule has 0 aromatic heterocycles. The Hall–Kier alpha value is -4.34. The van der Waals surface area contributed by atoms with Crippen molar-refractivity contribution in [3.05, 3.63) is 41.5 Å². The van der Waals surface area contributed by atoms with Gasteiger partial charge in [0.25, 0.3) is 5.91 Å². The molecule has 1 aromatic carbocycles. The Balaban J connectivity index is 1.23. The first kappa shape index (κ1) is 39.4. The molecule has 3 aliphatic heterocycles. The van der Waals surface area contributed by atoms with Gasteiger partial charge in [-0.3, -0.25) is 24.0 Å². The maximum absolute atomic E-state index is 14.4. The number of fused-ring (bicyclic) bond motifs is 3. The lowest BCUT2D eigenvalue weighted by Gasteiger charge is -2.30. The standard InChI is InChI=1S/C38H54N6O9S/c1-23(2)39-27-14-13-24-20-43(21-25(24)17-27)36(49)52-28-18-31-32(45)41-38(34(47)42-54(50,51)29-15-16-29)19-26(38)11-9-7-6-8-10-12-30(33(46)44(31)22-28)40-35(48)53-37(3,4)5/h9,11,13-14,17,23,26,28-31,39H,6-8,10,12,15-16,18-22H2,1-5H3,(H,40,48)(H,41,45)(H,42,47)/b11-9+/t26-,28-,30+,31+,38-/m1/s1. The van der Waals surface area contributed by atoms with Crippen molar-refractivity contribution in [3.63, 3.8) is 0 Å². The minimum atomic E-state index is -3.90. The van der Waals surface area contributed by atoms with Gasteiger partial charge in [-0.25, -0.2) is 18.0 Å². The third-order valence-electron chi connectivity index (χ3n) is 10.4. The van der Waals surface area contributed by atoms with Crippen molar-refractivity contribution in [2.45, 2.75) is 146 Å². The topological polar surface area (TPSA) is 193 Å². The fraction of sp³-hybridized carbons (Fsp3) is 0.658. The molecule has 5 atom stereocenters. The van der Waals surface area contributed by atoms with E-state index in [4.69, 9.17) is 9.47 Å². The van der Waals surface area contributed by atoms with E-state index in [1.54, 1.807) is 25.7 Å². The highest BCUT2D eigenvalue weighted by Crippen LogP contribution is 2.46. The summed E-state index contributed by atoms with van der Waals surface area (Å²) in [5, 5.41) is 8.26. The predicted molar refractivity (Wildman–Crippen MR) is 199 cm³/mol. The Morgan fingerprint density at radius 3 is 2.46 bits per heavy atom. The van der Waals surface area contributed by atoms with Gasteiger partial charge in [-0.1, -0.05) is 31.1 Å². The first-order valence-electron chi connectivity index (χ1n) is 19.1. The van der Waals surface area contributed by atoms with Crippen LogP contribution in [0.15, 0.2) is 30.4 Å². The molecule has 0 bridgehead atoms. The molecule has 2 saturated carbocycles. The summed E-state index contributed by atoms with van der Waals surface area (Å²) < 4.78 is 39.2. The lowest BCUT2D eigenvalue weighted by atomic mass is 10.0. The molecule has 3 fully saturated rings. The van der Waals surface area contributed by atoms with Crippen molar-refractivity contribution in [1.82, 2.24) is 25.2 Å².